The zero-order valence-electron chi connectivity index (χ0n) is 10.6. The van der Waals surface area contributed by atoms with E-state index in [9.17, 15) is 9.59 Å². The first-order chi connectivity index (χ1) is 9.19. The lowest BCUT2D eigenvalue weighted by atomic mass is 10.2. The van der Waals surface area contributed by atoms with Crippen molar-refractivity contribution in [3.8, 4) is 5.88 Å². The van der Waals surface area contributed by atoms with Crippen molar-refractivity contribution >= 4 is 11.8 Å². The van der Waals surface area contributed by atoms with E-state index in [4.69, 9.17) is 4.74 Å². The molecule has 0 saturated carbocycles. The van der Waals surface area contributed by atoms with Gasteiger partial charge in [-0.25, -0.2) is 4.98 Å². The number of piperazine rings is 1. The first kappa shape index (κ1) is 13.3. The van der Waals surface area contributed by atoms with Gasteiger partial charge in [-0.2, -0.15) is 0 Å². The van der Waals surface area contributed by atoms with Crippen molar-refractivity contribution in [1.29, 1.82) is 0 Å². The molecule has 1 fully saturated rings. The highest BCUT2D eigenvalue weighted by Gasteiger charge is 2.23. The molecule has 2 rings (SSSR count). The third-order valence-electron chi connectivity index (χ3n) is 2.80. The number of pyridine rings is 1. The number of carbonyl (C=O) groups excluding carboxylic acids is 2. The molecule has 1 aromatic rings. The van der Waals surface area contributed by atoms with Crippen LogP contribution < -0.4 is 20.7 Å². The van der Waals surface area contributed by atoms with E-state index in [1.54, 1.807) is 25.4 Å². The molecule has 0 aliphatic carbocycles. The summed E-state index contributed by atoms with van der Waals surface area (Å²) in [6.45, 7) is 0.870. The molecule has 0 spiro atoms. The Hall–Kier alpha value is -2.15. The van der Waals surface area contributed by atoms with Gasteiger partial charge in [-0.05, 0) is 11.6 Å². The predicted octanol–water partition coefficient (Wildman–Crippen LogP) is -1.21. The van der Waals surface area contributed by atoms with Crippen LogP contribution in [0, 0.1) is 0 Å². The number of nitrogens with zero attached hydrogens (tertiary/aromatic N) is 1. The molecular formula is C12H16N4O3. The van der Waals surface area contributed by atoms with E-state index in [0.29, 0.717) is 19.0 Å². The van der Waals surface area contributed by atoms with Gasteiger partial charge in [0.15, 0.2) is 0 Å². The summed E-state index contributed by atoms with van der Waals surface area (Å²) in [5.41, 5.74) is 0.903. The zero-order chi connectivity index (χ0) is 13.7. The Morgan fingerprint density at radius 1 is 1.63 bits per heavy atom. The van der Waals surface area contributed by atoms with Crippen LogP contribution in [0.25, 0.3) is 0 Å². The summed E-state index contributed by atoms with van der Waals surface area (Å²) in [7, 11) is 1.54. The van der Waals surface area contributed by atoms with Gasteiger partial charge >= 0.3 is 0 Å². The standard InChI is InChI=1S/C12H16N4O3/c1-19-11-4-8(2-3-13-11)5-16-12(18)9-6-15-10(17)7-14-9/h2-4,9,14H,5-7H2,1H3,(H,15,17)(H,16,18). The van der Waals surface area contributed by atoms with Gasteiger partial charge in [-0.3, -0.25) is 14.9 Å². The molecule has 1 saturated heterocycles. The molecular weight excluding hydrogens is 248 g/mol. The predicted molar refractivity (Wildman–Crippen MR) is 67.4 cm³/mol. The Morgan fingerprint density at radius 2 is 2.47 bits per heavy atom. The van der Waals surface area contributed by atoms with Crippen LogP contribution >= 0.6 is 0 Å². The third-order valence-corrected chi connectivity index (χ3v) is 2.80. The average Bonchev–Trinajstić information content (AvgIpc) is 2.46. The van der Waals surface area contributed by atoms with E-state index >= 15 is 0 Å². The summed E-state index contributed by atoms with van der Waals surface area (Å²) >= 11 is 0. The molecule has 7 nitrogen and oxygen atoms in total. The largest absolute Gasteiger partial charge is 0.481 e. The molecule has 2 amide bonds. The molecule has 1 atom stereocenters. The molecule has 7 heteroatoms. The Bertz CT molecular complexity index is 468. The number of amides is 2. The van der Waals surface area contributed by atoms with Crippen LogP contribution in [0.1, 0.15) is 5.56 Å². The van der Waals surface area contributed by atoms with Crippen molar-refractivity contribution < 1.29 is 14.3 Å². The zero-order valence-corrected chi connectivity index (χ0v) is 10.6. The molecule has 1 aliphatic heterocycles. The highest BCUT2D eigenvalue weighted by Crippen LogP contribution is 2.08. The minimum atomic E-state index is -0.388. The minimum Gasteiger partial charge on any atom is -0.481 e. The fraction of sp³-hybridized carbons (Fsp3) is 0.417. The van der Waals surface area contributed by atoms with Crippen LogP contribution in [0.5, 0.6) is 5.88 Å². The van der Waals surface area contributed by atoms with Gasteiger partial charge in [0.1, 0.15) is 6.04 Å². The van der Waals surface area contributed by atoms with E-state index in [-0.39, 0.29) is 24.4 Å². The second kappa shape index (κ2) is 6.14. The van der Waals surface area contributed by atoms with Crippen LogP contribution in [-0.4, -0.2) is 43.0 Å². The number of hydrogen-bond donors (Lipinski definition) is 3. The summed E-state index contributed by atoms with van der Waals surface area (Å²) in [5.74, 6) is 0.272. The normalized spacial score (nSPS) is 18.6. The molecule has 1 unspecified atom stereocenters. The lowest BCUT2D eigenvalue weighted by Gasteiger charge is -2.23. The van der Waals surface area contributed by atoms with Crippen molar-refractivity contribution in [2.45, 2.75) is 12.6 Å². The van der Waals surface area contributed by atoms with Crippen molar-refractivity contribution in [3.63, 3.8) is 0 Å². The van der Waals surface area contributed by atoms with Crippen LogP contribution in [0.4, 0.5) is 0 Å². The summed E-state index contributed by atoms with van der Waals surface area (Å²) in [4.78, 5) is 26.8. The number of carbonyl (C=O) groups is 2. The molecule has 1 aliphatic rings. The topological polar surface area (TPSA) is 92.4 Å². The second-order valence-electron chi connectivity index (χ2n) is 4.16. The van der Waals surface area contributed by atoms with Gasteiger partial charge < -0.3 is 15.4 Å². The quantitative estimate of drug-likeness (QED) is 0.635. The monoisotopic (exact) mass is 264 g/mol. The van der Waals surface area contributed by atoms with Gasteiger partial charge in [0.2, 0.25) is 17.7 Å². The van der Waals surface area contributed by atoms with Crippen LogP contribution in [-0.2, 0) is 16.1 Å². The second-order valence-corrected chi connectivity index (χ2v) is 4.16. The maximum atomic E-state index is 11.9. The fourth-order valence-corrected chi connectivity index (χ4v) is 1.74. The number of nitrogens with one attached hydrogen (secondary N) is 3. The fourth-order valence-electron chi connectivity index (χ4n) is 1.74. The van der Waals surface area contributed by atoms with Gasteiger partial charge in [-0.1, -0.05) is 0 Å². The first-order valence-electron chi connectivity index (χ1n) is 5.96. The highest BCUT2D eigenvalue weighted by molar-refractivity contribution is 5.86. The van der Waals surface area contributed by atoms with E-state index in [1.807, 2.05) is 0 Å². The molecule has 0 radical (unpaired) electrons. The molecule has 19 heavy (non-hydrogen) atoms. The van der Waals surface area contributed by atoms with E-state index < -0.39 is 0 Å². The lowest BCUT2D eigenvalue weighted by Crippen LogP contribution is -2.57. The SMILES string of the molecule is COc1cc(CNC(=O)C2CNC(=O)CN2)ccn1. The van der Waals surface area contributed by atoms with Crippen LogP contribution in [0.2, 0.25) is 0 Å². The van der Waals surface area contributed by atoms with Crippen molar-refractivity contribution in [2.75, 3.05) is 20.2 Å². The number of aromatic nitrogens is 1. The van der Waals surface area contributed by atoms with Crippen molar-refractivity contribution in [2.24, 2.45) is 0 Å². The van der Waals surface area contributed by atoms with Gasteiger partial charge in [0.25, 0.3) is 0 Å². The van der Waals surface area contributed by atoms with Crippen molar-refractivity contribution in [1.82, 2.24) is 20.9 Å². The minimum absolute atomic E-state index is 0.0945. The lowest BCUT2D eigenvalue weighted by molar-refractivity contribution is -0.126. The van der Waals surface area contributed by atoms with E-state index in [2.05, 4.69) is 20.9 Å². The van der Waals surface area contributed by atoms with Gasteiger partial charge in [0.05, 0.1) is 13.7 Å². The van der Waals surface area contributed by atoms with Gasteiger partial charge in [0, 0.05) is 25.4 Å². The number of hydrogen-bond acceptors (Lipinski definition) is 5. The van der Waals surface area contributed by atoms with Gasteiger partial charge in [-0.15, -0.1) is 0 Å². The summed E-state index contributed by atoms with van der Waals surface area (Å²) in [6, 6.07) is 3.18. The molecule has 0 aromatic carbocycles. The molecule has 1 aromatic heterocycles. The number of methoxy groups -OCH3 is 1. The Balaban J connectivity index is 1.84. The average molecular weight is 264 g/mol. The number of rotatable bonds is 4. The van der Waals surface area contributed by atoms with E-state index in [1.165, 1.54) is 0 Å². The maximum absolute atomic E-state index is 11.9. The van der Waals surface area contributed by atoms with E-state index in [0.717, 1.165) is 5.56 Å². The summed E-state index contributed by atoms with van der Waals surface area (Å²) < 4.78 is 5.01. The maximum Gasteiger partial charge on any atom is 0.239 e. The van der Waals surface area contributed by atoms with Crippen LogP contribution in [0.15, 0.2) is 18.3 Å². The molecule has 2 heterocycles. The smallest absolute Gasteiger partial charge is 0.239 e. The van der Waals surface area contributed by atoms with Crippen molar-refractivity contribution in [3.05, 3.63) is 23.9 Å². The summed E-state index contributed by atoms with van der Waals surface area (Å²) in [5, 5.41) is 8.30. The first-order valence-corrected chi connectivity index (χ1v) is 5.96. The Labute approximate surface area is 110 Å². The number of ether oxygens (including phenoxy) is 1. The third kappa shape index (κ3) is 3.65. The highest BCUT2D eigenvalue weighted by atomic mass is 16.5. The Morgan fingerprint density at radius 3 is 3.16 bits per heavy atom. The van der Waals surface area contributed by atoms with Crippen LogP contribution in [0.3, 0.4) is 0 Å². The Kier molecular flexibility index (Phi) is 4.30. The molecule has 3 N–H and O–H groups in total. The molecule has 102 valence electrons. The molecule has 0 bridgehead atoms. The summed E-state index contributed by atoms with van der Waals surface area (Å²) in [6.07, 6.45) is 1.62.